The van der Waals surface area contributed by atoms with Crippen LogP contribution in [0.15, 0.2) is 77.9 Å². The van der Waals surface area contributed by atoms with Crippen LogP contribution < -0.4 is 10.2 Å². The Hall–Kier alpha value is -3.14. The number of nitrogens with zero attached hydrogens (tertiary/aromatic N) is 1. The summed E-state index contributed by atoms with van der Waals surface area (Å²) in [6, 6.07) is 23.6. The minimum absolute atomic E-state index is 0.0758. The lowest BCUT2D eigenvalue weighted by atomic mass is 10.1. The number of carbonyl (C=O) groups is 1. The first kappa shape index (κ1) is 16.7. The second-order valence-electron chi connectivity index (χ2n) is 5.61. The summed E-state index contributed by atoms with van der Waals surface area (Å²) >= 11 is 0. The number of carbonyl (C=O) groups excluding carboxylic acids is 1. The van der Waals surface area contributed by atoms with E-state index >= 15 is 0 Å². The summed E-state index contributed by atoms with van der Waals surface area (Å²) in [6.45, 7) is 1.93. The highest BCUT2D eigenvalue weighted by Crippen LogP contribution is 2.20. The fourth-order valence-electron chi connectivity index (χ4n) is 2.55. The van der Waals surface area contributed by atoms with Gasteiger partial charge in [0, 0.05) is 0 Å². The quantitative estimate of drug-likeness (QED) is 0.544. The molecule has 0 heterocycles. The highest BCUT2D eigenvalue weighted by atomic mass is 16.5. The van der Waals surface area contributed by atoms with Gasteiger partial charge in [0.2, 0.25) is 0 Å². The zero-order chi connectivity index (χ0) is 17.5. The molecule has 0 unspecified atom stereocenters. The van der Waals surface area contributed by atoms with Crippen LogP contribution in [-0.2, 0) is 4.79 Å². The highest BCUT2D eigenvalue weighted by Gasteiger charge is 2.05. The largest absolute Gasteiger partial charge is 0.484 e. The minimum Gasteiger partial charge on any atom is -0.484 e. The van der Waals surface area contributed by atoms with Crippen LogP contribution in [0.3, 0.4) is 0 Å². The Balaban J connectivity index is 1.59. The molecule has 0 aliphatic carbocycles. The Morgan fingerprint density at radius 1 is 0.960 bits per heavy atom. The van der Waals surface area contributed by atoms with Crippen LogP contribution in [0.5, 0.6) is 5.75 Å². The van der Waals surface area contributed by atoms with Crippen LogP contribution in [-0.4, -0.2) is 18.2 Å². The third kappa shape index (κ3) is 4.44. The summed E-state index contributed by atoms with van der Waals surface area (Å²) in [7, 11) is 0. The molecule has 0 bridgehead atoms. The Morgan fingerprint density at radius 2 is 1.68 bits per heavy atom. The highest BCUT2D eigenvalue weighted by molar-refractivity contribution is 6.00. The van der Waals surface area contributed by atoms with E-state index in [1.54, 1.807) is 0 Å². The maximum absolute atomic E-state index is 12.0. The van der Waals surface area contributed by atoms with Crippen molar-refractivity contribution in [1.82, 2.24) is 5.43 Å². The van der Waals surface area contributed by atoms with E-state index in [4.69, 9.17) is 4.74 Å². The molecule has 3 aromatic carbocycles. The fourth-order valence-corrected chi connectivity index (χ4v) is 2.55. The van der Waals surface area contributed by atoms with E-state index in [1.807, 2.05) is 79.7 Å². The van der Waals surface area contributed by atoms with Crippen molar-refractivity contribution in [2.24, 2.45) is 5.10 Å². The molecule has 0 atom stereocenters. The van der Waals surface area contributed by atoms with E-state index in [0.29, 0.717) is 5.75 Å². The smallest absolute Gasteiger partial charge is 0.277 e. The number of nitrogens with one attached hydrogen (secondary N) is 1. The molecule has 126 valence electrons. The molecular formula is C21H20N2O2. The first-order valence-electron chi connectivity index (χ1n) is 8.28. The number of rotatable bonds is 6. The van der Waals surface area contributed by atoms with Gasteiger partial charge in [-0.25, -0.2) is 5.43 Å². The molecule has 0 saturated heterocycles. The van der Waals surface area contributed by atoms with E-state index in [9.17, 15) is 4.79 Å². The van der Waals surface area contributed by atoms with Crippen molar-refractivity contribution in [3.05, 3.63) is 78.4 Å². The van der Waals surface area contributed by atoms with Crippen LogP contribution >= 0.6 is 0 Å². The molecule has 0 fully saturated rings. The summed E-state index contributed by atoms with van der Waals surface area (Å²) in [4.78, 5) is 12.0. The second kappa shape index (κ2) is 8.11. The summed E-state index contributed by atoms with van der Waals surface area (Å²) in [6.07, 6.45) is 0.732. The van der Waals surface area contributed by atoms with E-state index in [-0.39, 0.29) is 12.5 Å². The molecular weight excluding hydrogens is 312 g/mol. The number of benzene rings is 3. The second-order valence-corrected chi connectivity index (χ2v) is 5.61. The van der Waals surface area contributed by atoms with Gasteiger partial charge in [-0.2, -0.15) is 5.10 Å². The lowest BCUT2D eigenvalue weighted by molar-refractivity contribution is -0.123. The molecule has 0 aliphatic heterocycles. The normalized spacial score (nSPS) is 11.3. The van der Waals surface area contributed by atoms with Gasteiger partial charge in [-0.3, -0.25) is 4.79 Å². The van der Waals surface area contributed by atoms with Gasteiger partial charge in [0.1, 0.15) is 5.75 Å². The van der Waals surface area contributed by atoms with Crippen molar-refractivity contribution >= 4 is 22.4 Å². The Labute approximate surface area is 147 Å². The molecule has 0 saturated carbocycles. The maximum atomic E-state index is 12.0. The summed E-state index contributed by atoms with van der Waals surface area (Å²) in [5.41, 5.74) is 4.40. The molecule has 3 aromatic rings. The Kier molecular flexibility index (Phi) is 5.42. The molecule has 25 heavy (non-hydrogen) atoms. The summed E-state index contributed by atoms with van der Waals surface area (Å²) in [5, 5.41) is 6.43. The van der Waals surface area contributed by atoms with Crippen LogP contribution in [0, 0.1) is 0 Å². The van der Waals surface area contributed by atoms with Crippen LogP contribution in [0.4, 0.5) is 0 Å². The molecule has 3 rings (SSSR count). The molecule has 4 heteroatoms. The standard InChI is InChI=1S/C21H20N2O2/c1-2-20(17-9-4-3-5-10-17)22-23-21(24)15-25-19-13-12-16-8-6-7-11-18(16)14-19/h3-14H,2,15H2,1H3,(H,23,24)/b22-20+. The Morgan fingerprint density at radius 3 is 2.44 bits per heavy atom. The van der Waals surface area contributed by atoms with Gasteiger partial charge in [0.25, 0.3) is 5.91 Å². The number of fused-ring (bicyclic) bond motifs is 1. The predicted octanol–water partition coefficient (Wildman–Crippen LogP) is 4.15. The zero-order valence-electron chi connectivity index (χ0n) is 14.1. The molecule has 4 nitrogen and oxygen atoms in total. The van der Waals surface area contributed by atoms with E-state index < -0.39 is 0 Å². The van der Waals surface area contributed by atoms with Gasteiger partial charge in [-0.1, -0.05) is 67.6 Å². The molecule has 0 aliphatic rings. The maximum Gasteiger partial charge on any atom is 0.277 e. The van der Waals surface area contributed by atoms with E-state index in [0.717, 1.165) is 28.5 Å². The molecule has 0 radical (unpaired) electrons. The average molecular weight is 332 g/mol. The molecule has 0 aromatic heterocycles. The first-order valence-corrected chi connectivity index (χ1v) is 8.28. The van der Waals surface area contributed by atoms with E-state index in [2.05, 4.69) is 10.5 Å². The number of ether oxygens (including phenoxy) is 1. The topological polar surface area (TPSA) is 50.7 Å². The minimum atomic E-state index is -0.282. The van der Waals surface area contributed by atoms with Gasteiger partial charge in [0.15, 0.2) is 6.61 Å². The number of hydrazone groups is 1. The van der Waals surface area contributed by atoms with Crippen LogP contribution in [0.1, 0.15) is 18.9 Å². The number of hydrogen-bond acceptors (Lipinski definition) is 3. The van der Waals surface area contributed by atoms with Gasteiger partial charge >= 0.3 is 0 Å². The third-order valence-electron chi connectivity index (χ3n) is 3.85. The number of amides is 1. The average Bonchev–Trinajstić information content (AvgIpc) is 2.67. The fraction of sp³-hybridized carbons (Fsp3) is 0.143. The van der Waals surface area contributed by atoms with Crippen LogP contribution in [0.25, 0.3) is 10.8 Å². The lowest BCUT2D eigenvalue weighted by Crippen LogP contribution is -2.26. The van der Waals surface area contributed by atoms with E-state index in [1.165, 1.54) is 0 Å². The van der Waals surface area contributed by atoms with Gasteiger partial charge in [-0.15, -0.1) is 0 Å². The summed E-state index contributed by atoms with van der Waals surface area (Å²) in [5.74, 6) is 0.381. The number of hydrogen-bond donors (Lipinski definition) is 1. The monoisotopic (exact) mass is 332 g/mol. The molecule has 1 N–H and O–H groups in total. The molecule has 1 amide bonds. The molecule has 0 spiro atoms. The zero-order valence-corrected chi connectivity index (χ0v) is 14.1. The van der Waals surface area contributed by atoms with Crippen molar-refractivity contribution in [3.63, 3.8) is 0 Å². The van der Waals surface area contributed by atoms with Crippen molar-refractivity contribution in [3.8, 4) is 5.75 Å². The van der Waals surface area contributed by atoms with Crippen molar-refractivity contribution in [2.75, 3.05) is 6.61 Å². The van der Waals surface area contributed by atoms with Gasteiger partial charge in [0.05, 0.1) is 5.71 Å². The van der Waals surface area contributed by atoms with Crippen LogP contribution in [0.2, 0.25) is 0 Å². The third-order valence-corrected chi connectivity index (χ3v) is 3.85. The summed E-state index contributed by atoms with van der Waals surface area (Å²) < 4.78 is 5.57. The predicted molar refractivity (Wildman–Crippen MR) is 101 cm³/mol. The lowest BCUT2D eigenvalue weighted by Gasteiger charge is -2.08. The Bertz CT molecular complexity index is 889. The van der Waals surface area contributed by atoms with Crippen molar-refractivity contribution < 1.29 is 9.53 Å². The SMILES string of the molecule is CC/C(=N\NC(=O)COc1ccc2ccccc2c1)c1ccccc1. The van der Waals surface area contributed by atoms with Gasteiger partial charge in [-0.05, 0) is 34.9 Å². The van der Waals surface area contributed by atoms with Crippen molar-refractivity contribution in [1.29, 1.82) is 0 Å². The van der Waals surface area contributed by atoms with Gasteiger partial charge < -0.3 is 4.74 Å². The first-order chi connectivity index (χ1) is 12.3. The van der Waals surface area contributed by atoms with Crippen molar-refractivity contribution in [2.45, 2.75) is 13.3 Å².